The highest BCUT2D eigenvalue weighted by Crippen LogP contribution is 2.36. The van der Waals surface area contributed by atoms with Crippen molar-refractivity contribution in [3.05, 3.63) is 43.0 Å². The fourth-order valence-electron chi connectivity index (χ4n) is 3.61. The molecule has 1 aromatic carbocycles. The zero-order chi connectivity index (χ0) is 21.4. The van der Waals surface area contributed by atoms with Crippen LogP contribution in [0.4, 0.5) is 11.5 Å². The number of carboxylic acid groups (broad SMARTS) is 1. The van der Waals surface area contributed by atoms with Gasteiger partial charge in [0.05, 0.1) is 12.9 Å². The number of carbonyl (C=O) groups excluding carboxylic acids is 1. The van der Waals surface area contributed by atoms with Gasteiger partial charge >= 0.3 is 5.97 Å². The Morgan fingerprint density at radius 2 is 1.93 bits per heavy atom. The number of amides is 1. The summed E-state index contributed by atoms with van der Waals surface area (Å²) < 4.78 is 7.04. The molecule has 3 heterocycles. The third-order valence-electron chi connectivity index (χ3n) is 4.92. The third-order valence-corrected chi connectivity index (χ3v) is 4.92. The Bertz CT molecular complexity index is 1090. The number of aromatic nitrogens is 4. The summed E-state index contributed by atoms with van der Waals surface area (Å²) in [5.74, 6) is -1.78. The molecule has 12 nitrogen and oxygen atoms in total. The zero-order valence-corrected chi connectivity index (χ0v) is 15.6. The van der Waals surface area contributed by atoms with Crippen molar-refractivity contribution in [2.24, 2.45) is 5.73 Å². The van der Waals surface area contributed by atoms with Gasteiger partial charge in [0.25, 0.3) is 0 Å². The quantitative estimate of drug-likeness (QED) is 0.409. The SMILES string of the molecule is NCC(=O)N(c1ccccc1)[C@H]1[C@@H](O)[C@H](n2cnc3c(N)ncnc32)O[C@@H]1C(=O)O. The number of para-hydroxylation sites is 1. The van der Waals surface area contributed by atoms with E-state index in [0.29, 0.717) is 5.69 Å². The van der Waals surface area contributed by atoms with Gasteiger partial charge in [0.15, 0.2) is 23.8 Å². The van der Waals surface area contributed by atoms with Crippen molar-refractivity contribution in [3.63, 3.8) is 0 Å². The third kappa shape index (κ3) is 3.12. The molecule has 30 heavy (non-hydrogen) atoms. The highest BCUT2D eigenvalue weighted by atomic mass is 16.6. The summed E-state index contributed by atoms with van der Waals surface area (Å²) in [6, 6.07) is 7.10. The molecule has 6 N–H and O–H groups in total. The molecule has 0 spiro atoms. The van der Waals surface area contributed by atoms with Crippen LogP contribution in [0, 0.1) is 0 Å². The second-order valence-corrected chi connectivity index (χ2v) is 6.65. The average molecular weight is 413 g/mol. The summed E-state index contributed by atoms with van der Waals surface area (Å²) in [6.45, 7) is -0.382. The number of benzene rings is 1. The van der Waals surface area contributed by atoms with E-state index in [0.717, 1.165) is 4.90 Å². The topological polar surface area (TPSA) is 183 Å². The molecule has 1 aliphatic rings. The molecular weight excluding hydrogens is 394 g/mol. The smallest absolute Gasteiger partial charge is 0.335 e. The Hall–Kier alpha value is -3.61. The van der Waals surface area contributed by atoms with Gasteiger partial charge in [-0.05, 0) is 12.1 Å². The molecule has 156 valence electrons. The maximum absolute atomic E-state index is 12.6. The number of hydrogen-bond donors (Lipinski definition) is 4. The van der Waals surface area contributed by atoms with E-state index in [2.05, 4.69) is 15.0 Å². The number of nitrogens with zero attached hydrogens (tertiary/aromatic N) is 5. The van der Waals surface area contributed by atoms with Gasteiger partial charge in [0.1, 0.15) is 24.0 Å². The van der Waals surface area contributed by atoms with E-state index in [9.17, 15) is 19.8 Å². The minimum Gasteiger partial charge on any atom is -0.479 e. The largest absolute Gasteiger partial charge is 0.479 e. The second-order valence-electron chi connectivity index (χ2n) is 6.65. The molecule has 4 atom stereocenters. The summed E-state index contributed by atoms with van der Waals surface area (Å²) in [7, 11) is 0. The summed E-state index contributed by atoms with van der Waals surface area (Å²) in [6.07, 6.45) is -1.61. The summed E-state index contributed by atoms with van der Waals surface area (Å²) in [4.78, 5) is 37.8. The van der Waals surface area contributed by atoms with Crippen molar-refractivity contribution in [2.75, 3.05) is 17.2 Å². The Morgan fingerprint density at radius 1 is 1.20 bits per heavy atom. The van der Waals surface area contributed by atoms with Crippen molar-refractivity contribution in [1.82, 2.24) is 19.5 Å². The van der Waals surface area contributed by atoms with Crippen molar-refractivity contribution >= 4 is 34.5 Å². The monoisotopic (exact) mass is 413 g/mol. The van der Waals surface area contributed by atoms with Crippen LogP contribution >= 0.6 is 0 Å². The summed E-state index contributed by atoms with van der Waals surface area (Å²) in [5.41, 5.74) is 12.3. The molecule has 1 fully saturated rings. The van der Waals surface area contributed by atoms with E-state index in [1.165, 1.54) is 17.2 Å². The number of imidazole rings is 1. The van der Waals surface area contributed by atoms with E-state index >= 15 is 0 Å². The molecule has 4 rings (SSSR count). The van der Waals surface area contributed by atoms with Crippen molar-refractivity contribution in [3.8, 4) is 0 Å². The lowest BCUT2D eigenvalue weighted by atomic mass is 10.0. The lowest BCUT2D eigenvalue weighted by Crippen LogP contribution is -2.54. The predicted molar refractivity (Wildman–Crippen MR) is 104 cm³/mol. The maximum Gasteiger partial charge on any atom is 0.335 e. The summed E-state index contributed by atoms with van der Waals surface area (Å²) >= 11 is 0. The van der Waals surface area contributed by atoms with E-state index in [-0.39, 0.29) is 23.5 Å². The Kier molecular flexibility index (Phi) is 5.03. The number of carbonyl (C=O) groups is 2. The molecule has 0 aliphatic carbocycles. The minimum absolute atomic E-state index is 0.127. The van der Waals surface area contributed by atoms with E-state index in [1.807, 2.05) is 0 Å². The lowest BCUT2D eigenvalue weighted by Gasteiger charge is -2.32. The highest BCUT2D eigenvalue weighted by molar-refractivity contribution is 5.96. The van der Waals surface area contributed by atoms with E-state index in [1.54, 1.807) is 30.3 Å². The number of aliphatic hydroxyl groups excluding tert-OH is 1. The first-order valence-electron chi connectivity index (χ1n) is 9.00. The maximum atomic E-state index is 12.6. The molecular formula is C18H19N7O5. The van der Waals surface area contributed by atoms with Crippen molar-refractivity contribution < 1.29 is 24.5 Å². The van der Waals surface area contributed by atoms with Crippen LogP contribution in [-0.2, 0) is 14.3 Å². The number of anilines is 2. The zero-order valence-electron chi connectivity index (χ0n) is 15.6. The molecule has 0 radical (unpaired) electrons. The van der Waals surface area contributed by atoms with Gasteiger partial charge in [0, 0.05) is 5.69 Å². The first kappa shape index (κ1) is 19.7. The molecule has 1 saturated heterocycles. The fourth-order valence-corrected chi connectivity index (χ4v) is 3.61. The van der Waals surface area contributed by atoms with Gasteiger partial charge in [-0.15, -0.1) is 0 Å². The van der Waals surface area contributed by atoms with Gasteiger partial charge in [-0.1, -0.05) is 18.2 Å². The normalized spacial score (nSPS) is 23.5. The molecule has 2 aromatic heterocycles. The number of nitrogen functional groups attached to an aromatic ring is 1. The first-order valence-corrected chi connectivity index (χ1v) is 9.00. The standard InChI is InChI=1S/C18H19N7O5/c19-6-10(26)25(9-4-2-1-3-5-9)12-13(27)17(30-14(12)18(28)29)24-8-23-11-15(20)21-7-22-16(11)24/h1-5,7-8,12-14,17,27H,6,19H2,(H,28,29)(H2,20,21,22)/t12-,13+,14-,17+/m0/s1. The summed E-state index contributed by atoms with van der Waals surface area (Å²) in [5, 5.41) is 20.8. The predicted octanol–water partition coefficient (Wildman–Crippen LogP) is -0.888. The van der Waals surface area contributed by atoms with Crippen LogP contribution in [0.3, 0.4) is 0 Å². The number of fused-ring (bicyclic) bond motifs is 1. The number of carboxylic acids is 1. The second kappa shape index (κ2) is 7.67. The van der Waals surface area contributed by atoms with Crippen LogP contribution in [0.25, 0.3) is 11.2 Å². The van der Waals surface area contributed by atoms with Crippen LogP contribution in [0.5, 0.6) is 0 Å². The molecule has 0 unspecified atom stereocenters. The first-order chi connectivity index (χ1) is 14.4. The number of aliphatic hydroxyl groups is 1. The van der Waals surface area contributed by atoms with Gasteiger partial charge in [0.2, 0.25) is 5.91 Å². The van der Waals surface area contributed by atoms with Crippen molar-refractivity contribution in [1.29, 1.82) is 0 Å². The van der Waals surface area contributed by atoms with Crippen molar-refractivity contribution in [2.45, 2.75) is 24.5 Å². The molecule has 0 bridgehead atoms. The van der Waals surface area contributed by atoms with Gasteiger partial charge in [-0.3, -0.25) is 9.36 Å². The molecule has 12 heteroatoms. The lowest BCUT2D eigenvalue weighted by molar-refractivity contribution is -0.152. The molecule has 1 amide bonds. The van der Waals surface area contributed by atoms with Crippen LogP contribution in [-0.4, -0.2) is 66.4 Å². The Morgan fingerprint density at radius 3 is 2.60 bits per heavy atom. The van der Waals surface area contributed by atoms with Crippen LogP contribution < -0.4 is 16.4 Å². The van der Waals surface area contributed by atoms with Gasteiger partial charge < -0.3 is 31.3 Å². The number of nitrogens with two attached hydrogens (primary N) is 2. The van der Waals surface area contributed by atoms with E-state index in [4.69, 9.17) is 16.2 Å². The highest BCUT2D eigenvalue weighted by Gasteiger charge is 2.52. The van der Waals surface area contributed by atoms with Crippen LogP contribution in [0.2, 0.25) is 0 Å². The fraction of sp³-hybridized carbons (Fsp3) is 0.278. The average Bonchev–Trinajstić information content (AvgIpc) is 3.31. The Labute approximate surface area is 169 Å². The number of ether oxygens (including phenoxy) is 1. The number of rotatable bonds is 5. The molecule has 1 aliphatic heterocycles. The molecule has 0 saturated carbocycles. The number of aliphatic carboxylic acids is 1. The van der Waals surface area contributed by atoms with Gasteiger partial charge in [-0.25, -0.2) is 19.7 Å². The number of hydrogen-bond acceptors (Lipinski definition) is 9. The van der Waals surface area contributed by atoms with Crippen LogP contribution in [0.15, 0.2) is 43.0 Å². The van der Waals surface area contributed by atoms with Crippen LogP contribution in [0.1, 0.15) is 6.23 Å². The van der Waals surface area contributed by atoms with Gasteiger partial charge in [-0.2, -0.15) is 0 Å². The van der Waals surface area contributed by atoms with E-state index < -0.39 is 36.4 Å². The molecule has 3 aromatic rings. The Balaban J connectivity index is 1.80. The minimum atomic E-state index is -1.53.